The van der Waals surface area contributed by atoms with Crippen molar-refractivity contribution < 1.29 is 17.9 Å². The van der Waals surface area contributed by atoms with Crippen LogP contribution in [0.15, 0.2) is 24.3 Å². The average molecular weight is 329 g/mol. The maximum Gasteiger partial charge on any atom is 0.573 e. The second kappa shape index (κ2) is 7.41. The zero-order chi connectivity index (χ0) is 15.2. The van der Waals surface area contributed by atoms with Crippen LogP contribution in [-0.2, 0) is 6.42 Å². The Morgan fingerprint density at radius 2 is 1.60 bits per heavy atom. The Bertz CT molecular complexity index is 400. The average Bonchev–Trinajstić information content (AvgIpc) is 2.39. The van der Waals surface area contributed by atoms with Crippen LogP contribution in [0, 0.1) is 5.41 Å². The molecule has 0 spiro atoms. The van der Waals surface area contributed by atoms with Crippen molar-refractivity contribution in [1.29, 1.82) is 0 Å². The first-order valence-corrected chi connectivity index (χ1v) is 7.38. The number of rotatable bonds is 7. The van der Waals surface area contributed by atoms with E-state index in [4.69, 9.17) is 23.2 Å². The van der Waals surface area contributed by atoms with Crippen molar-refractivity contribution in [1.82, 2.24) is 0 Å². The second-order valence-corrected chi connectivity index (χ2v) is 5.42. The normalized spacial score (nSPS) is 12.5. The maximum absolute atomic E-state index is 12.1. The summed E-state index contributed by atoms with van der Waals surface area (Å²) in [6.45, 7) is 2.05. The SMILES string of the molecule is CCCC(CCl)(CCl)Cc1ccc(OC(F)(F)F)cc1. The van der Waals surface area contributed by atoms with Gasteiger partial charge in [0.15, 0.2) is 0 Å². The van der Waals surface area contributed by atoms with Crippen molar-refractivity contribution in [3.8, 4) is 5.75 Å². The highest BCUT2D eigenvalue weighted by molar-refractivity contribution is 6.21. The first kappa shape index (κ1) is 17.4. The third-order valence-electron chi connectivity index (χ3n) is 3.08. The van der Waals surface area contributed by atoms with Crippen LogP contribution in [-0.4, -0.2) is 18.1 Å². The van der Waals surface area contributed by atoms with Crippen LogP contribution in [0.5, 0.6) is 5.75 Å². The monoisotopic (exact) mass is 328 g/mol. The van der Waals surface area contributed by atoms with Gasteiger partial charge < -0.3 is 4.74 Å². The molecule has 0 bridgehead atoms. The molecule has 0 aliphatic carbocycles. The van der Waals surface area contributed by atoms with Crippen molar-refractivity contribution in [2.75, 3.05) is 11.8 Å². The van der Waals surface area contributed by atoms with Crippen molar-refractivity contribution in [3.63, 3.8) is 0 Å². The molecule has 0 saturated carbocycles. The zero-order valence-electron chi connectivity index (χ0n) is 11.1. The van der Waals surface area contributed by atoms with E-state index in [-0.39, 0.29) is 11.2 Å². The first-order valence-electron chi connectivity index (χ1n) is 6.31. The molecule has 0 unspecified atom stereocenters. The zero-order valence-corrected chi connectivity index (χ0v) is 12.7. The van der Waals surface area contributed by atoms with E-state index in [0.717, 1.165) is 18.4 Å². The molecule has 1 rings (SSSR count). The number of alkyl halides is 5. The van der Waals surface area contributed by atoms with Gasteiger partial charge in [-0.25, -0.2) is 0 Å². The van der Waals surface area contributed by atoms with E-state index < -0.39 is 6.36 Å². The van der Waals surface area contributed by atoms with Crippen molar-refractivity contribution in [3.05, 3.63) is 29.8 Å². The van der Waals surface area contributed by atoms with E-state index in [0.29, 0.717) is 18.2 Å². The van der Waals surface area contributed by atoms with Crippen LogP contribution < -0.4 is 4.74 Å². The third-order valence-corrected chi connectivity index (χ3v) is 4.22. The van der Waals surface area contributed by atoms with Gasteiger partial charge in [-0.1, -0.05) is 25.5 Å². The van der Waals surface area contributed by atoms with Gasteiger partial charge in [0, 0.05) is 17.2 Å². The lowest BCUT2D eigenvalue weighted by Crippen LogP contribution is -2.28. The topological polar surface area (TPSA) is 9.23 Å². The molecule has 0 heterocycles. The van der Waals surface area contributed by atoms with Crippen LogP contribution >= 0.6 is 23.2 Å². The van der Waals surface area contributed by atoms with E-state index in [1.807, 2.05) is 6.92 Å². The van der Waals surface area contributed by atoms with Gasteiger partial charge in [-0.05, 0) is 30.5 Å². The highest BCUT2D eigenvalue weighted by Crippen LogP contribution is 2.32. The summed E-state index contributed by atoms with van der Waals surface area (Å²) >= 11 is 12.0. The van der Waals surface area contributed by atoms with Crippen LogP contribution in [0.1, 0.15) is 25.3 Å². The Labute approximate surface area is 127 Å². The van der Waals surface area contributed by atoms with E-state index in [2.05, 4.69) is 4.74 Å². The maximum atomic E-state index is 12.1. The fourth-order valence-electron chi connectivity index (χ4n) is 2.12. The van der Waals surface area contributed by atoms with Gasteiger partial charge in [0.1, 0.15) is 5.75 Å². The van der Waals surface area contributed by atoms with E-state index >= 15 is 0 Å². The molecule has 0 aromatic heterocycles. The molecule has 1 nitrogen and oxygen atoms in total. The Morgan fingerprint density at radius 3 is 2.00 bits per heavy atom. The molecule has 20 heavy (non-hydrogen) atoms. The molecule has 0 aliphatic rings. The molecule has 0 radical (unpaired) electrons. The predicted octanol–water partition coefficient (Wildman–Crippen LogP) is 5.39. The molecule has 1 aromatic rings. The molecule has 1 aromatic carbocycles. The number of benzene rings is 1. The lowest BCUT2D eigenvalue weighted by molar-refractivity contribution is -0.274. The smallest absolute Gasteiger partial charge is 0.406 e. The molecular formula is C14H17Cl2F3O. The minimum Gasteiger partial charge on any atom is -0.406 e. The summed E-state index contributed by atoms with van der Waals surface area (Å²) in [5, 5.41) is 0. The molecule has 0 N–H and O–H groups in total. The van der Waals surface area contributed by atoms with Crippen LogP contribution in [0.2, 0.25) is 0 Å². The highest BCUT2D eigenvalue weighted by Gasteiger charge is 2.31. The van der Waals surface area contributed by atoms with Gasteiger partial charge in [0.25, 0.3) is 0 Å². The van der Waals surface area contributed by atoms with Gasteiger partial charge in [0.2, 0.25) is 0 Å². The summed E-state index contributed by atoms with van der Waals surface area (Å²) in [7, 11) is 0. The van der Waals surface area contributed by atoms with Gasteiger partial charge in [-0.15, -0.1) is 36.4 Å². The molecular weight excluding hydrogens is 312 g/mol. The van der Waals surface area contributed by atoms with Crippen LogP contribution in [0.25, 0.3) is 0 Å². The summed E-state index contributed by atoms with van der Waals surface area (Å²) in [6.07, 6.45) is -2.20. The van der Waals surface area contributed by atoms with E-state index in [1.165, 1.54) is 12.1 Å². The number of ether oxygens (including phenoxy) is 1. The predicted molar refractivity (Wildman–Crippen MR) is 75.6 cm³/mol. The second-order valence-electron chi connectivity index (χ2n) is 4.89. The summed E-state index contributed by atoms with van der Waals surface area (Å²) in [5.41, 5.74) is 0.679. The van der Waals surface area contributed by atoms with E-state index in [9.17, 15) is 13.2 Å². The number of hydrogen-bond acceptors (Lipinski definition) is 1. The largest absolute Gasteiger partial charge is 0.573 e. The quantitative estimate of drug-likeness (QED) is 0.609. The summed E-state index contributed by atoms with van der Waals surface area (Å²) in [6, 6.07) is 5.85. The summed E-state index contributed by atoms with van der Waals surface area (Å²) in [5.74, 6) is 0.620. The van der Waals surface area contributed by atoms with Crippen molar-refractivity contribution in [2.45, 2.75) is 32.5 Å². The highest BCUT2D eigenvalue weighted by atomic mass is 35.5. The van der Waals surface area contributed by atoms with Crippen molar-refractivity contribution >= 4 is 23.2 Å². The summed E-state index contributed by atoms with van der Waals surface area (Å²) in [4.78, 5) is 0. The van der Waals surface area contributed by atoms with Crippen LogP contribution in [0.4, 0.5) is 13.2 Å². The number of hydrogen-bond donors (Lipinski definition) is 0. The molecule has 0 atom stereocenters. The number of halogens is 5. The lowest BCUT2D eigenvalue weighted by Gasteiger charge is -2.29. The van der Waals surface area contributed by atoms with Gasteiger partial charge in [0.05, 0.1) is 0 Å². The fraction of sp³-hybridized carbons (Fsp3) is 0.571. The first-order chi connectivity index (χ1) is 9.34. The minimum atomic E-state index is -4.67. The van der Waals surface area contributed by atoms with Gasteiger partial charge in [-0.2, -0.15) is 0 Å². The lowest BCUT2D eigenvalue weighted by atomic mass is 9.81. The molecule has 0 amide bonds. The van der Waals surface area contributed by atoms with Crippen LogP contribution in [0.3, 0.4) is 0 Å². The molecule has 0 fully saturated rings. The minimum absolute atomic E-state index is 0.218. The van der Waals surface area contributed by atoms with Gasteiger partial charge in [-0.3, -0.25) is 0 Å². The Hall–Kier alpha value is -0.610. The van der Waals surface area contributed by atoms with E-state index in [1.54, 1.807) is 12.1 Å². The fourth-order valence-corrected chi connectivity index (χ4v) is 2.87. The summed E-state index contributed by atoms with van der Waals surface area (Å²) < 4.78 is 40.0. The Kier molecular flexibility index (Phi) is 6.46. The molecule has 0 saturated heterocycles. The molecule has 6 heteroatoms. The van der Waals surface area contributed by atoms with Crippen molar-refractivity contribution in [2.24, 2.45) is 5.41 Å². The Morgan fingerprint density at radius 1 is 1.05 bits per heavy atom. The molecule has 0 aliphatic heterocycles. The Balaban J connectivity index is 2.77. The molecule has 114 valence electrons. The third kappa shape index (κ3) is 5.41. The van der Waals surface area contributed by atoms with Gasteiger partial charge >= 0.3 is 6.36 Å². The standard InChI is InChI=1S/C14H17Cl2F3O/c1-2-7-13(9-15,10-16)8-11-3-5-12(6-4-11)20-14(17,18)19/h3-6H,2,7-10H2,1H3.